The van der Waals surface area contributed by atoms with Gasteiger partial charge < -0.3 is 10.4 Å². The number of nitrogens with one attached hydrogen (secondary N) is 2. The number of aliphatic carboxylic acids is 1. The summed E-state index contributed by atoms with van der Waals surface area (Å²) < 4.78 is 27.6. The van der Waals surface area contributed by atoms with Crippen LogP contribution in [0, 0.1) is 0 Å². The maximum absolute atomic E-state index is 12.5. The molecule has 3 aromatic carbocycles. The first-order valence-electron chi connectivity index (χ1n) is 10.5. The zero-order valence-corrected chi connectivity index (χ0v) is 18.8. The van der Waals surface area contributed by atoms with Crippen LogP contribution in [0.4, 0.5) is 11.6 Å². The molecule has 0 radical (unpaired) electrons. The molecule has 0 aliphatic heterocycles. The molecule has 34 heavy (non-hydrogen) atoms. The van der Waals surface area contributed by atoms with Gasteiger partial charge in [-0.2, -0.15) is 0 Å². The molecule has 1 heterocycles. The standard InChI is InChI=1S/C25H22N4O4S/c30-24(31)23(17-18-7-3-1-4-8-18)28-25-26-16-15-22(27-25)19-11-13-20(14-12-19)29-34(32,33)21-9-5-2-6-10-21/h1-16,23,29H,17H2,(H,30,31)(H,26,27,28). The molecule has 0 saturated carbocycles. The number of aromatic nitrogens is 2. The lowest BCUT2D eigenvalue weighted by molar-refractivity contribution is -0.137. The molecule has 1 unspecified atom stereocenters. The van der Waals surface area contributed by atoms with E-state index in [1.54, 1.807) is 48.5 Å². The molecule has 8 nitrogen and oxygen atoms in total. The molecular formula is C25H22N4O4S. The Morgan fingerprint density at radius 3 is 2.18 bits per heavy atom. The molecule has 0 saturated heterocycles. The number of nitrogens with zero attached hydrogens (tertiary/aromatic N) is 2. The molecule has 3 N–H and O–H groups in total. The van der Waals surface area contributed by atoms with Gasteiger partial charge in [0.25, 0.3) is 10.0 Å². The second kappa shape index (κ2) is 10.1. The van der Waals surface area contributed by atoms with E-state index in [0.717, 1.165) is 11.1 Å². The van der Waals surface area contributed by atoms with Crippen molar-refractivity contribution in [3.05, 3.63) is 103 Å². The molecule has 0 fully saturated rings. The van der Waals surface area contributed by atoms with Crippen molar-refractivity contribution in [2.24, 2.45) is 0 Å². The summed E-state index contributed by atoms with van der Waals surface area (Å²) in [4.78, 5) is 20.5. The first-order valence-corrected chi connectivity index (χ1v) is 11.9. The van der Waals surface area contributed by atoms with Crippen LogP contribution >= 0.6 is 0 Å². The number of sulfonamides is 1. The lowest BCUT2D eigenvalue weighted by Crippen LogP contribution is -2.32. The van der Waals surface area contributed by atoms with Crippen LogP contribution in [0.25, 0.3) is 11.3 Å². The minimum absolute atomic E-state index is 0.175. The van der Waals surface area contributed by atoms with Crippen LogP contribution in [-0.4, -0.2) is 35.5 Å². The van der Waals surface area contributed by atoms with Gasteiger partial charge in [-0.15, -0.1) is 0 Å². The molecule has 0 aliphatic carbocycles. The van der Waals surface area contributed by atoms with Crippen LogP contribution in [0.2, 0.25) is 0 Å². The first kappa shape index (κ1) is 22.9. The van der Waals surface area contributed by atoms with Crippen molar-refractivity contribution in [2.45, 2.75) is 17.4 Å². The van der Waals surface area contributed by atoms with Gasteiger partial charge >= 0.3 is 5.97 Å². The van der Waals surface area contributed by atoms with Crippen LogP contribution in [0.5, 0.6) is 0 Å². The summed E-state index contributed by atoms with van der Waals surface area (Å²) >= 11 is 0. The zero-order chi connectivity index (χ0) is 24.0. The number of carboxylic acid groups (broad SMARTS) is 1. The Morgan fingerprint density at radius 1 is 0.882 bits per heavy atom. The molecule has 0 spiro atoms. The van der Waals surface area contributed by atoms with Gasteiger partial charge in [0.15, 0.2) is 0 Å². The van der Waals surface area contributed by atoms with E-state index in [1.165, 1.54) is 18.3 Å². The predicted molar refractivity (Wildman–Crippen MR) is 130 cm³/mol. The van der Waals surface area contributed by atoms with Crippen LogP contribution in [0.3, 0.4) is 0 Å². The summed E-state index contributed by atoms with van der Waals surface area (Å²) in [6.45, 7) is 0. The Labute approximate surface area is 197 Å². The molecular weight excluding hydrogens is 452 g/mol. The average Bonchev–Trinajstić information content (AvgIpc) is 2.85. The highest BCUT2D eigenvalue weighted by atomic mass is 32.2. The van der Waals surface area contributed by atoms with Crippen LogP contribution in [0.1, 0.15) is 5.56 Å². The average molecular weight is 475 g/mol. The van der Waals surface area contributed by atoms with Gasteiger partial charge in [0.05, 0.1) is 10.6 Å². The summed E-state index contributed by atoms with van der Waals surface area (Å²) in [6, 6.07) is 25.0. The third-order valence-corrected chi connectivity index (χ3v) is 6.42. The van der Waals surface area contributed by atoms with E-state index in [2.05, 4.69) is 20.0 Å². The maximum Gasteiger partial charge on any atom is 0.326 e. The largest absolute Gasteiger partial charge is 0.480 e. The maximum atomic E-state index is 12.5. The van der Waals surface area contributed by atoms with Crippen molar-refractivity contribution in [2.75, 3.05) is 10.0 Å². The highest BCUT2D eigenvalue weighted by Gasteiger charge is 2.19. The van der Waals surface area contributed by atoms with E-state index in [9.17, 15) is 18.3 Å². The van der Waals surface area contributed by atoms with Crippen LogP contribution in [0.15, 0.2) is 102 Å². The highest BCUT2D eigenvalue weighted by Crippen LogP contribution is 2.22. The second-order valence-corrected chi connectivity index (χ2v) is 9.17. The van der Waals surface area contributed by atoms with E-state index in [-0.39, 0.29) is 17.3 Å². The summed E-state index contributed by atoms with van der Waals surface area (Å²) in [5, 5.41) is 12.5. The van der Waals surface area contributed by atoms with Crippen molar-refractivity contribution in [3.63, 3.8) is 0 Å². The fourth-order valence-electron chi connectivity index (χ4n) is 3.32. The Balaban J connectivity index is 1.48. The summed E-state index contributed by atoms with van der Waals surface area (Å²) in [6.07, 6.45) is 1.82. The van der Waals surface area contributed by atoms with Crippen molar-refractivity contribution >= 4 is 27.6 Å². The molecule has 4 rings (SSSR count). The van der Waals surface area contributed by atoms with Gasteiger partial charge in [-0.05, 0) is 35.9 Å². The van der Waals surface area contributed by atoms with Gasteiger partial charge in [0.2, 0.25) is 5.95 Å². The van der Waals surface area contributed by atoms with Gasteiger partial charge in [-0.3, -0.25) is 4.72 Å². The van der Waals surface area contributed by atoms with E-state index in [0.29, 0.717) is 11.4 Å². The van der Waals surface area contributed by atoms with Gasteiger partial charge in [-0.25, -0.2) is 23.2 Å². The lowest BCUT2D eigenvalue weighted by Gasteiger charge is -2.15. The minimum Gasteiger partial charge on any atom is -0.480 e. The molecule has 0 amide bonds. The van der Waals surface area contributed by atoms with Gasteiger partial charge in [0.1, 0.15) is 6.04 Å². The number of anilines is 2. The van der Waals surface area contributed by atoms with Gasteiger partial charge in [0, 0.05) is 23.9 Å². The normalized spacial score (nSPS) is 12.0. The third kappa shape index (κ3) is 5.76. The highest BCUT2D eigenvalue weighted by molar-refractivity contribution is 7.92. The number of rotatable bonds is 9. The summed E-state index contributed by atoms with van der Waals surface area (Å²) in [5.41, 5.74) is 2.59. The zero-order valence-electron chi connectivity index (χ0n) is 18.0. The Kier molecular flexibility index (Phi) is 6.84. The summed E-state index contributed by atoms with van der Waals surface area (Å²) in [7, 11) is -3.69. The minimum atomic E-state index is -3.69. The molecule has 9 heteroatoms. The van der Waals surface area contributed by atoms with E-state index in [4.69, 9.17) is 0 Å². The molecule has 0 bridgehead atoms. The topological polar surface area (TPSA) is 121 Å². The van der Waals surface area contributed by atoms with E-state index in [1.807, 2.05) is 30.3 Å². The van der Waals surface area contributed by atoms with Crippen molar-refractivity contribution < 1.29 is 18.3 Å². The molecule has 4 aromatic rings. The fraction of sp³-hybridized carbons (Fsp3) is 0.0800. The third-order valence-electron chi connectivity index (χ3n) is 5.03. The van der Waals surface area contributed by atoms with Crippen LogP contribution in [-0.2, 0) is 21.2 Å². The van der Waals surface area contributed by atoms with Crippen molar-refractivity contribution in [1.82, 2.24) is 9.97 Å². The molecule has 1 aromatic heterocycles. The van der Waals surface area contributed by atoms with Crippen molar-refractivity contribution in [3.8, 4) is 11.3 Å². The first-order chi connectivity index (χ1) is 16.4. The molecule has 0 aliphatic rings. The Hall–Kier alpha value is -4.24. The number of carbonyl (C=O) groups is 1. The second-order valence-electron chi connectivity index (χ2n) is 7.49. The quantitative estimate of drug-likeness (QED) is 0.335. The summed E-state index contributed by atoms with van der Waals surface area (Å²) in [5.74, 6) is -0.817. The number of carboxylic acids is 1. The van der Waals surface area contributed by atoms with E-state index >= 15 is 0 Å². The smallest absolute Gasteiger partial charge is 0.326 e. The monoisotopic (exact) mass is 474 g/mol. The van der Waals surface area contributed by atoms with Crippen molar-refractivity contribution in [1.29, 1.82) is 0 Å². The lowest BCUT2D eigenvalue weighted by atomic mass is 10.1. The van der Waals surface area contributed by atoms with Gasteiger partial charge in [-0.1, -0.05) is 60.7 Å². The SMILES string of the molecule is O=C(O)C(Cc1ccccc1)Nc1nccc(-c2ccc(NS(=O)(=O)c3ccccc3)cc2)n1. The Bertz CT molecular complexity index is 1360. The number of hydrogen-bond donors (Lipinski definition) is 3. The van der Waals surface area contributed by atoms with Crippen LogP contribution < -0.4 is 10.0 Å². The molecule has 1 atom stereocenters. The predicted octanol–water partition coefficient (Wildman–Crippen LogP) is 4.05. The number of benzene rings is 3. The number of hydrogen-bond acceptors (Lipinski definition) is 6. The fourth-order valence-corrected chi connectivity index (χ4v) is 4.40. The Morgan fingerprint density at radius 2 is 1.53 bits per heavy atom. The van der Waals surface area contributed by atoms with E-state index < -0.39 is 22.0 Å². The molecule has 172 valence electrons.